The Labute approximate surface area is 109 Å². The summed E-state index contributed by atoms with van der Waals surface area (Å²) in [5.41, 5.74) is 1.11. The molecule has 0 aliphatic carbocycles. The van der Waals surface area contributed by atoms with E-state index in [2.05, 4.69) is 20.0 Å². The van der Waals surface area contributed by atoms with Crippen LogP contribution in [-0.4, -0.2) is 42.0 Å². The third-order valence-electron chi connectivity index (χ3n) is 3.02. The Balaban J connectivity index is 2.01. The molecule has 6 nitrogen and oxygen atoms in total. The molecule has 0 atom stereocenters. The van der Waals surface area contributed by atoms with E-state index >= 15 is 0 Å². The van der Waals surface area contributed by atoms with Crippen molar-refractivity contribution >= 4 is 28.0 Å². The molecule has 1 fully saturated rings. The van der Waals surface area contributed by atoms with Crippen LogP contribution in [0.3, 0.4) is 0 Å². The number of anilines is 1. The number of amides is 1. The monoisotopic (exact) mass is 265 g/mol. The Morgan fingerprint density at radius 1 is 1.61 bits per heavy atom. The van der Waals surface area contributed by atoms with E-state index in [1.165, 1.54) is 0 Å². The third-order valence-corrected chi connectivity index (χ3v) is 3.78. The van der Waals surface area contributed by atoms with Gasteiger partial charge in [-0.1, -0.05) is 0 Å². The second-order valence-electron chi connectivity index (χ2n) is 4.24. The lowest BCUT2D eigenvalue weighted by Crippen LogP contribution is -2.48. The molecule has 1 aliphatic rings. The summed E-state index contributed by atoms with van der Waals surface area (Å²) in [5, 5.41) is 8.01. The van der Waals surface area contributed by atoms with Gasteiger partial charge in [0.15, 0.2) is 10.8 Å². The number of aromatic nitrogens is 2. The van der Waals surface area contributed by atoms with E-state index < -0.39 is 0 Å². The average Bonchev–Trinajstić information content (AvgIpc) is 2.92. The van der Waals surface area contributed by atoms with Gasteiger partial charge in [-0.25, -0.2) is 4.98 Å². The zero-order valence-corrected chi connectivity index (χ0v) is 11.0. The summed E-state index contributed by atoms with van der Waals surface area (Å²) < 4.78 is 2.09. The standard InChI is InChI=1S/C11H15N5OS/c1-12-6-8-10(14-11-16(8)4-5-18-11)15-3-2-13-9(17)7-15/h4-5,12H,2-3,6-7H2,1H3,(H,13,17). The number of carbonyl (C=O) groups excluding carboxylic acids is 1. The molecule has 2 aromatic rings. The highest BCUT2D eigenvalue weighted by Gasteiger charge is 2.23. The molecule has 2 aromatic heterocycles. The molecule has 0 spiro atoms. The van der Waals surface area contributed by atoms with Gasteiger partial charge in [-0.2, -0.15) is 0 Å². The van der Waals surface area contributed by atoms with Gasteiger partial charge >= 0.3 is 0 Å². The fourth-order valence-corrected chi connectivity index (χ4v) is 2.95. The van der Waals surface area contributed by atoms with E-state index in [9.17, 15) is 4.79 Å². The van der Waals surface area contributed by atoms with Crippen molar-refractivity contribution in [3.8, 4) is 0 Å². The maximum absolute atomic E-state index is 11.5. The number of imidazole rings is 1. The molecule has 1 saturated heterocycles. The lowest BCUT2D eigenvalue weighted by Gasteiger charge is -2.27. The Bertz CT molecular complexity index is 575. The van der Waals surface area contributed by atoms with Crippen LogP contribution in [0.4, 0.5) is 5.82 Å². The highest BCUT2D eigenvalue weighted by Crippen LogP contribution is 2.24. The lowest BCUT2D eigenvalue weighted by molar-refractivity contribution is -0.120. The van der Waals surface area contributed by atoms with Crippen LogP contribution >= 0.6 is 11.3 Å². The number of hydrogen-bond acceptors (Lipinski definition) is 5. The molecular weight excluding hydrogens is 250 g/mol. The molecular formula is C11H15N5OS. The van der Waals surface area contributed by atoms with E-state index in [0.717, 1.165) is 29.6 Å². The molecule has 18 heavy (non-hydrogen) atoms. The van der Waals surface area contributed by atoms with Crippen LogP contribution in [0.2, 0.25) is 0 Å². The van der Waals surface area contributed by atoms with Crippen molar-refractivity contribution in [1.82, 2.24) is 20.0 Å². The molecule has 0 saturated carbocycles. The van der Waals surface area contributed by atoms with E-state index in [1.54, 1.807) is 11.3 Å². The maximum atomic E-state index is 11.5. The zero-order chi connectivity index (χ0) is 12.5. The molecule has 0 unspecified atom stereocenters. The summed E-state index contributed by atoms with van der Waals surface area (Å²) >= 11 is 1.61. The minimum absolute atomic E-state index is 0.0630. The van der Waals surface area contributed by atoms with Gasteiger partial charge in [-0.15, -0.1) is 11.3 Å². The average molecular weight is 265 g/mol. The first-order valence-electron chi connectivity index (χ1n) is 5.90. The minimum atomic E-state index is 0.0630. The van der Waals surface area contributed by atoms with Gasteiger partial charge in [0.2, 0.25) is 5.91 Å². The highest BCUT2D eigenvalue weighted by atomic mass is 32.1. The van der Waals surface area contributed by atoms with Gasteiger partial charge < -0.3 is 15.5 Å². The number of rotatable bonds is 3. The number of hydrogen-bond donors (Lipinski definition) is 2. The van der Waals surface area contributed by atoms with E-state index in [0.29, 0.717) is 13.1 Å². The number of nitrogens with one attached hydrogen (secondary N) is 2. The molecule has 0 aromatic carbocycles. The first kappa shape index (κ1) is 11.5. The van der Waals surface area contributed by atoms with E-state index in [1.807, 2.05) is 23.5 Å². The van der Waals surface area contributed by atoms with Crippen molar-refractivity contribution in [2.45, 2.75) is 6.54 Å². The Morgan fingerprint density at radius 2 is 2.50 bits per heavy atom. The summed E-state index contributed by atoms with van der Waals surface area (Å²) in [6.45, 7) is 2.63. The highest BCUT2D eigenvalue weighted by molar-refractivity contribution is 7.15. The predicted molar refractivity (Wildman–Crippen MR) is 71.1 cm³/mol. The van der Waals surface area contributed by atoms with Gasteiger partial charge in [0.1, 0.15) is 0 Å². The van der Waals surface area contributed by atoms with Crippen LogP contribution in [0.15, 0.2) is 11.6 Å². The molecule has 0 bridgehead atoms. The summed E-state index contributed by atoms with van der Waals surface area (Å²) in [6.07, 6.45) is 2.02. The molecule has 3 rings (SSSR count). The molecule has 2 N–H and O–H groups in total. The van der Waals surface area contributed by atoms with Gasteiger partial charge in [-0.3, -0.25) is 9.20 Å². The first-order chi connectivity index (χ1) is 8.79. The summed E-state index contributed by atoms with van der Waals surface area (Å²) in [5.74, 6) is 0.985. The number of fused-ring (bicyclic) bond motifs is 1. The third kappa shape index (κ3) is 1.85. The Morgan fingerprint density at radius 3 is 3.28 bits per heavy atom. The smallest absolute Gasteiger partial charge is 0.239 e. The fraction of sp³-hybridized carbons (Fsp3) is 0.455. The van der Waals surface area contributed by atoms with Crippen molar-refractivity contribution in [2.75, 3.05) is 31.6 Å². The van der Waals surface area contributed by atoms with Gasteiger partial charge in [0.25, 0.3) is 0 Å². The quantitative estimate of drug-likeness (QED) is 0.823. The van der Waals surface area contributed by atoms with Crippen LogP contribution in [0.5, 0.6) is 0 Å². The number of carbonyl (C=O) groups is 1. The number of nitrogens with zero attached hydrogens (tertiary/aromatic N) is 3. The lowest BCUT2D eigenvalue weighted by atomic mass is 10.3. The largest absolute Gasteiger partial charge is 0.353 e. The first-order valence-corrected chi connectivity index (χ1v) is 6.78. The van der Waals surface area contributed by atoms with E-state index in [-0.39, 0.29) is 5.91 Å². The van der Waals surface area contributed by atoms with Gasteiger partial charge in [0.05, 0.1) is 12.2 Å². The van der Waals surface area contributed by atoms with Gasteiger partial charge in [0, 0.05) is 31.2 Å². The van der Waals surface area contributed by atoms with Crippen LogP contribution in [0.1, 0.15) is 5.69 Å². The molecule has 3 heterocycles. The van der Waals surface area contributed by atoms with Gasteiger partial charge in [-0.05, 0) is 7.05 Å². The van der Waals surface area contributed by atoms with Crippen LogP contribution in [0.25, 0.3) is 4.96 Å². The Kier molecular flexibility index (Phi) is 2.92. The molecule has 7 heteroatoms. The maximum Gasteiger partial charge on any atom is 0.239 e. The van der Waals surface area contributed by atoms with Crippen molar-refractivity contribution in [1.29, 1.82) is 0 Å². The summed E-state index contributed by atoms with van der Waals surface area (Å²) in [6, 6.07) is 0. The second kappa shape index (κ2) is 4.58. The van der Waals surface area contributed by atoms with Crippen molar-refractivity contribution < 1.29 is 4.79 Å². The van der Waals surface area contributed by atoms with Crippen LogP contribution < -0.4 is 15.5 Å². The SMILES string of the molecule is CNCc1c(N2CCNC(=O)C2)nc2sccn12. The topological polar surface area (TPSA) is 61.7 Å². The Hall–Kier alpha value is -1.60. The summed E-state index contributed by atoms with van der Waals surface area (Å²) in [7, 11) is 1.92. The zero-order valence-electron chi connectivity index (χ0n) is 10.1. The molecule has 1 amide bonds. The summed E-state index contributed by atoms with van der Waals surface area (Å²) in [4.78, 5) is 19.1. The van der Waals surface area contributed by atoms with E-state index in [4.69, 9.17) is 0 Å². The minimum Gasteiger partial charge on any atom is -0.353 e. The van der Waals surface area contributed by atoms with Crippen molar-refractivity contribution in [3.05, 3.63) is 17.3 Å². The molecule has 1 aliphatic heterocycles. The van der Waals surface area contributed by atoms with Crippen molar-refractivity contribution in [2.24, 2.45) is 0 Å². The predicted octanol–water partition coefficient (Wildman–Crippen LogP) is 0.0514. The van der Waals surface area contributed by atoms with Crippen LogP contribution in [-0.2, 0) is 11.3 Å². The number of thiazole rings is 1. The molecule has 0 radical (unpaired) electrons. The molecule has 96 valence electrons. The van der Waals surface area contributed by atoms with Crippen molar-refractivity contribution in [3.63, 3.8) is 0 Å². The fourth-order valence-electron chi connectivity index (χ4n) is 2.23. The number of piperazine rings is 1. The second-order valence-corrected chi connectivity index (χ2v) is 5.11. The normalized spacial score (nSPS) is 16.3. The van der Waals surface area contributed by atoms with Crippen LogP contribution in [0, 0.1) is 0 Å².